The zero-order valence-electron chi connectivity index (χ0n) is 17.6. The van der Waals surface area contributed by atoms with E-state index in [1.807, 2.05) is 19.1 Å². The highest BCUT2D eigenvalue weighted by atomic mass is 35.5. The van der Waals surface area contributed by atoms with Crippen molar-refractivity contribution in [3.05, 3.63) is 50.7 Å². The molecule has 0 aliphatic carbocycles. The minimum absolute atomic E-state index is 0.0962. The van der Waals surface area contributed by atoms with E-state index in [1.165, 1.54) is 15.6 Å². The molecule has 10 heteroatoms. The first kappa shape index (κ1) is 23.7. The molecule has 0 bridgehead atoms. The summed E-state index contributed by atoms with van der Waals surface area (Å²) in [5, 5.41) is 2.78. The first-order valence-corrected chi connectivity index (χ1v) is 12.7. The third kappa shape index (κ3) is 6.06. The molecule has 0 atom stereocenters. The van der Waals surface area contributed by atoms with Crippen molar-refractivity contribution in [2.75, 3.05) is 26.2 Å². The van der Waals surface area contributed by atoms with Crippen LogP contribution in [0.5, 0.6) is 0 Å². The summed E-state index contributed by atoms with van der Waals surface area (Å²) in [6.07, 6.45) is 0.194. The van der Waals surface area contributed by atoms with E-state index in [4.69, 9.17) is 11.6 Å². The maximum atomic E-state index is 13.0. The number of halogens is 1. The van der Waals surface area contributed by atoms with Gasteiger partial charge >= 0.3 is 0 Å². The Morgan fingerprint density at radius 2 is 1.77 bits per heavy atom. The van der Waals surface area contributed by atoms with Crippen LogP contribution in [0.15, 0.2) is 35.2 Å². The second-order valence-electron chi connectivity index (χ2n) is 7.54. The van der Waals surface area contributed by atoms with Gasteiger partial charge in [-0.05, 0) is 43.2 Å². The predicted octanol–water partition coefficient (Wildman–Crippen LogP) is 2.95. The standard InChI is InChI=1S/C21H26ClN3O4S2/c1-15-3-4-16(2)18(13-15)31(28,29)25-11-9-24(10-12-25)21(27)8-7-20(26)23-14-17-5-6-19(22)30-17/h3-6,13H,7-12,14H2,1-2H3,(H,23,26). The van der Waals surface area contributed by atoms with Gasteiger partial charge < -0.3 is 10.2 Å². The Hall–Kier alpha value is -1.94. The lowest BCUT2D eigenvalue weighted by Gasteiger charge is -2.34. The summed E-state index contributed by atoms with van der Waals surface area (Å²) in [5.41, 5.74) is 1.60. The lowest BCUT2D eigenvalue weighted by molar-refractivity contribution is -0.134. The van der Waals surface area contributed by atoms with Crippen LogP contribution in [0.25, 0.3) is 0 Å². The van der Waals surface area contributed by atoms with Crippen molar-refractivity contribution in [2.45, 2.75) is 38.1 Å². The molecule has 1 N–H and O–H groups in total. The smallest absolute Gasteiger partial charge is 0.243 e. The van der Waals surface area contributed by atoms with Gasteiger partial charge in [-0.25, -0.2) is 8.42 Å². The summed E-state index contributed by atoms with van der Waals surface area (Å²) in [6, 6.07) is 9.00. The van der Waals surface area contributed by atoms with E-state index in [2.05, 4.69) is 5.32 Å². The largest absolute Gasteiger partial charge is 0.351 e. The molecule has 1 aromatic carbocycles. The minimum Gasteiger partial charge on any atom is -0.351 e. The zero-order chi connectivity index (χ0) is 22.6. The van der Waals surface area contributed by atoms with Crippen molar-refractivity contribution >= 4 is 44.8 Å². The van der Waals surface area contributed by atoms with Gasteiger partial charge in [0.25, 0.3) is 0 Å². The molecule has 0 spiro atoms. The predicted molar refractivity (Wildman–Crippen MR) is 122 cm³/mol. The topological polar surface area (TPSA) is 86.8 Å². The quantitative estimate of drug-likeness (QED) is 0.656. The third-order valence-corrected chi connectivity index (χ3v) is 8.48. The number of hydrogen-bond donors (Lipinski definition) is 1. The van der Waals surface area contributed by atoms with Crippen molar-refractivity contribution in [1.29, 1.82) is 0 Å². The Morgan fingerprint density at radius 1 is 1.06 bits per heavy atom. The average Bonchev–Trinajstić information content (AvgIpc) is 3.17. The monoisotopic (exact) mass is 483 g/mol. The number of sulfonamides is 1. The Kier molecular flexibility index (Phi) is 7.74. The number of carbonyl (C=O) groups excluding carboxylic acids is 2. The van der Waals surface area contributed by atoms with Crippen LogP contribution in [-0.4, -0.2) is 55.6 Å². The number of nitrogens with zero attached hydrogens (tertiary/aromatic N) is 2. The molecule has 2 aromatic rings. The number of aryl methyl sites for hydroxylation is 2. The average molecular weight is 484 g/mol. The van der Waals surface area contributed by atoms with Crippen molar-refractivity contribution < 1.29 is 18.0 Å². The van der Waals surface area contributed by atoms with Crippen LogP contribution in [0.2, 0.25) is 4.34 Å². The van der Waals surface area contributed by atoms with Crippen LogP contribution < -0.4 is 5.32 Å². The highest BCUT2D eigenvalue weighted by Gasteiger charge is 2.31. The fourth-order valence-corrected chi connectivity index (χ4v) is 6.16. The van der Waals surface area contributed by atoms with Gasteiger partial charge in [-0.3, -0.25) is 9.59 Å². The summed E-state index contributed by atoms with van der Waals surface area (Å²) >= 11 is 7.27. The molecule has 168 valence electrons. The van der Waals surface area contributed by atoms with Gasteiger partial charge in [0.05, 0.1) is 15.8 Å². The molecular weight excluding hydrogens is 458 g/mol. The van der Waals surface area contributed by atoms with Gasteiger partial charge in [0, 0.05) is 43.9 Å². The first-order valence-electron chi connectivity index (χ1n) is 10.0. The molecule has 0 saturated carbocycles. The van der Waals surface area contributed by atoms with E-state index < -0.39 is 10.0 Å². The van der Waals surface area contributed by atoms with Crippen LogP contribution >= 0.6 is 22.9 Å². The molecule has 2 heterocycles. The molecule has 1 saturated heterocycles. The lowest BCUT2D eigenvalue weighted by Crippen LogP contribution is -2.50. The number of rotatable bonds is 7. The number of carbonyl (C=O) groups is 2. The van der Waals surface area contributed by atoms with E-state index in [-0.39, 0.29) is 37.7 Å². The fraction of sp³-hybridized carbons (Fsp3) is 0.429. The Labute approximate surface area is 192 Å². The van der Waals surface area contributed by atoms with E-state index in [0.717, 1.165) is 10.4 Å². The van der Waals surface area contributed by atoms with Crippen LogP contribution in [0.4, 0.5) is 0 Å². The number of thiophene rings is 1. The van der Waals surface area contributed by atoms with Crippen molar-refractivity contribution in [2.24, 2.45) is 0 Å². The Balaban J connectivity index is 1.47. The molecule has 7 nitrogen and oxygen atoms in total. The van der Waals surface area contributed by atoms with Crippen molar-refractivity contribution in [3.8, 4) is 0 Å². The first-order chi connectivity index (χ1) is 14.7. The molecule has 1 aliphatic rings. The Morgan fingerprint density at radius 3 is 2.42 bits per heavy atom. The zero-order valence-corrected chi connectivity index (χ0v) is 19.9. The second kappa shape index (κ2) is 10.1. The molecular formula is C21H26ClN3O4S2. The van der Waals surface area contributed by atoms with Gasteiger partial charge in [-0.2, -0.15) is 4.31 Å². The highest BCUT2D eigenvalue weighted by Crippen LogP contribution is 2.23. The summed E-state index contributed by atoms with van der Waals surface area (Å²) in [7, 11) is -3.60. The van der Waals surface area contributed by atoms with E-state index >= 15 is 0 Å². The number of nitrogens with one attached hydrogen (secondary N) is 1. The van der Waals surface area contributed by atoms with Gasteiger partial charge in [0.1, 0.15) is 0 Å². The lowest BCUT2D eigenvalue weighted by atomic mass is 10.2. The molecule has 1 aromatic heterocycles. The molecule has 0 radical (unpaired) electrons. The molecule has 1 fully saturated rings. The third-order valence-electron chi connectivity index (χ3n) is 5.21. The summed E-state index contributed by atoms with van der Waals surface area (Å²) in [6.45, 7) is 5.15. The summed E-state index contributed by atoms with van der Waals surface area (Å²) < 4.78 is 28.1. The summed E-state index contributed by atoms with van der Waals surface area (Å²) in [4.78, 5) is 27.4. The number of hydrogen-bond acceptors (Lipinski definition) is 5. The molecule has 0 unspecified atom stereocenters. The van der Waals surface area contributed by atoms with Gasteiger partial charge in [0.2, 0.25) is 21.8 Å². The molecule has 31 heavy (non-hydrogen) atoms. The Bertz CT molecular complexity index is 1060. The SMILES string of the molecule is Cc1ccc(C)c(S(=O)(=O)N2CCN(C(=O)CCC(=O)NCc3ccc(Cl)s3)CC2)c1. The molecule has 1 aliphatic heterocycles. The van der Waals surface area contributed by atoms with Crippen LogP contribution in [0.3, 0.4) is 0 Å². The van der Waals surface area contributed by atoms with Gasteiger partial charge in [-0.15, -0.1) is 11.3 Å². The highest BCUT2D eigenvalue weighted by molar-refractivity contribution is 7.89. The van der Waals surface area contributed by atoms with Crippen molar-refractivity contribution in [3.63, 3.8) is 0 Å². The van der Waals surface area contributed by atoms with Crippen molar-refractivity contribution in [1.82, 2.24) is 14.5 Å². The summed E-state index contributed by atoms with van der Waals surface area (Å²) in [5.74, 6) is -0.341. The van der Waals surface area contributed by atoms with Crippen LogP contribution in [-0.2, 0) is 26.2 Å². The number of piperazine rings is 1. The van der Waals surface area contributed by atoms with Gasteiger partial charge in [-0.1, -0.05) is 23.7 Å². The van der Waals surface area contributed by atoms with E-state index in [1.54, 1.807) is 30.0 Å². The number of benzene rings is 1. The van der Waals surface area contributed by atoms with Crippen LogP contribution in [0, 0.1) is 13.8 Å². The number of amides is 2. The fourth-order valence-electron chi connectivity index (χ4n) is 3.40. The molecule has 3 rings (SSSR count). The van der Waals surface area contributed by atoms with E-state index in [0.29, 0.717) is 34.4 Å². The molecule has 2 amide bonds. The maximum Gasteiger partial charge on any atom is 0.243 e. The minimum atomic E-state index is -3.60. The second-order valence-corrected chi connectivity index (χ2v) is 11.2. The van der Waals surface area contributed by atoms with Crippen LogP contribution in [0.1, 0.15) is 28.8 Å². The normalized spacial score (nSPS) is 15.1. The maximum absolute atomic E-state index is 13.0. The van der Waals surface area contributed by atoms with Gasteiger partial charge in [0.15, 0.2) is 0 Å². The van der Waals surface area contributed by atoms with E-state index in [9.17, 15) is 18.0 Å².